The van der Waals surface area contributed by atoms with E-state index < -0.39 is 0 Å². The number of hydrogen-bond donors (Lipinski definition) is 2. The molecule has 0 radical (unpaired) electrons. The van der Waals surface area contributed by atoms with Gasteiger partial charge in [-0.25, -0.2) is 0 Å². The van der Waals surface area contributed by atoms with Crippen LogP contribution in [0.4, 0.5) is 0 Å². The van der Waals surface area contributed by atoms with Gasteiger partial charge in [0.2, 0.25) is 0 Å². The van der Waals surface area contributed by atoms with Crippen LogP contribution in [0.15, 0.2) is 82.6 Å². The Bertz CT molecular complexity index is 827. The minimum absolute atomic E-state index is 0.0753. The maximum atomic E-state index is 12.4. The lowest BCUT2D eigenvalue weighted by molar-refractivity contribution is 0.103. The molecular weight excluding hydrogens is 308 g/mol. The minimum Gasteiger partial charge on any atom is -0.508 e. The molecule has 23 heavy (non-hydrogen) atoms. The number of carbonyl (C=O) groups is 1. The van der Waals surface area contributed by atoms with Gasteiger partial charge in [-0.2, -0.15) is 0 Å². The fourth-order valence-electron chi connectivity index (χ4n) is 2.17. The maximum Gasteiger partial charge on any atom is 0.196 e. The number of aromatic hydroxyl groups is 2. The van der Waals surface area contributed by atoms with E-state index in [-0.39, 0.29) is 22.8 Å². The third-order valence-electron chi connectivity index (χ3n) is 3.32. The Morgan fingerprint density at radius 1 is 0.783 bits per heavy atom. The van der Waals surface area contributed by atoms with Crippen LogP contribution in [0.5, 0.6) is 11.5 Å². The Hall–Kier alpha value is -2.72. The zero-order chi connectivity index (χ0) is 16.2. The summed E-state index contributed by atoms with van der Waals surface area (Å²) in [6.07, 6.45) is 0. The van der Waals surface area contributed by atoms with Gasteiger partial charge in [-0.3, -0.25) is 4.79 Å². The second-order valence-electron chi connectivity index (χ2n) is 4.97. The highest BCUT2D eigenvalue weighted by Crippen LogP contribution is 2.29. The number of rotatable bonds is 4. The van der Waals surface area contributed by atoms with E-state index in [4.69, 9.17) is 0 Å². The average molecular weight is 322 g/mol. The van der Waals surface area contributed by atoms with Crippen LogP contribution < -0.4 is 0 Å². The molecule has 3 aromatic carbocycles. The summed E-state index contributed by atoms with van der Waals surface area (Å²) in [4.78, 5) is 14.6. The van der Waals surface area contributed by atoms with Gasteiger partial charge in [0.1, 0.15) is 11.5 Å². The summed E-state index contributed by atoms with van der Waals surface area (Å²) >= 11 is 1.62. The zero-order valence-electron chi connectivity index (χ0n) is 12.1. The first-order valence-corrected chi connectivity index (χ1v) is 7.85. The van der Waals surface area contributed by atoms with Crippen molar-refractivity contribution in [2.45, 2.75) is 9.79 Å². The molecule has 0 heterocycles. The molecule has 0 unspecified atom stereocenters. The maximum absolute atomic E-state index is 12.4. The number of phenolic OH excluding ortho intramolecular Hbond substituents is 2. The van der Waals surface area contributed by atoms with Crippen molar-refractivity contribution in [3.8, 4) is 11.5 Å². The van der Waals surface area contributed by atoms with Gasteiger partial charge in [0.05, 0.1) is 5.56 Å². The largest absolute Gasteiger partial charge is 0.508 e. The predicted octanol–water partition coefficient (Wildman–Crippen LogP) is 4.48. The first-order chi connectivity index (χ1) is 11.1. The number of benzene rings is 3. The summed E-state index contributed by atoms with van der Waals surface area (Å²) in [5.41, 5.74) is 0.662. The quantitative estimate of drug-likeness (QED) is 0.695. The second kappa shape index (κ2) is 6.58. The van der Waals surface area contributed by atoms with E-state index in [9.17, 15) is 15.0 Å². The lowest BCUT2D eigenvalue weighted by atomic mass is 10.0. The van der Waals surface area contributed by atoms with Gasteiger partial charge in [0.25, 0.3) is 0 Å². The van der Waals surface area contributed by atoms with Gasteiger partial charge in [0.15, 0.2) is 5.78 Å². The molecule has 0 saturated carbocycles. The van der Waals surface area contributed by atoms with Crippen LogP contribution in [0.1, 0.15) is 15.9 Å². The minimum atomic E-state index is -0.279. The molecule has 0 atom stereocenters. The van der Waals surface area contributed by atoms with Gasteiger partial charge in [-0.15, -0.1) is 0 Å². The van der Waals surface area contributed by atoms with Crippen molar-refractivity contribution in [3.63, 3.8) is 0 Å². The Labute approximate surface area is 138 Å². The Morgan fingerprint density at radius 3 is 2.09 bits per heavy atom. The molecule has 114 valence electrons. The van der Waals surface area contributed by atoms with Gasteiger partial charge in [-0.1, -0.05) is 30.0 Å². The molecule has 0 aliphatic heterocycles. The van der Waals surface area contributed by atoms with Crippen LogP contribution in [0.25, 0.3) is 0 Å². The van der Waals surface area contributed by atoms with Crippen LogP contribution in [0.3, 0.4) is 0 Å². The van der Waals surface area contributed by atoms with E-state index in [0.717, 1.165) is 15.9 Å². The third kappa shape index (κ3) is 3.55. The highest BCUT2D eigenvalue weighted by atomic mass is 32.2. The van der Waals surface area contributed by atoms with Crippen molar-refractivity contribution in [1.82, 2.24) is 0 Å². The first-order valence-electron chi connectivity index (χ1n) is 7.03. The van der Waals surface area contributed by atoms with Gasteiger partial charge in [-0.05, 0) is 48.5 Å². The normalized spacial score (nSPS) is 10.4. The molecule has 3 rings (SSSR count). The van der Waals surface area contributed by atoms with Crippen LogP contribution in [-0.2, 0) is 0 Å². The number of ketones is 1. The monoisotopic (exact) mass is 322 g/mol. The molecule has 0 aromatic heterocycles. The topological polar surface area (TPSA) is 57.5 Å². The lowest BCUT2D eigenvalue weighted by Gasteiger charge is -2.06. The molecule has 2 N–H and O–H groups in total. The van der Waals surface area contributed by atoms with Gasteiger partial charge < -0.3 is 10.2 Å². The second-order valence-corrected chi connectivity index (χ2v) is 6.12. The molecular formula is C19H14O3S. The molecule has 0 spiro atoms. The van der Waals surface area contributed by atoms with Crippen molar-refractivity contribution in [1.29, 1.82) is 0 Å². The van der Waals surface area contributed by atoms with Crippen molar-refractivity contribution in [2.24, 2.45) is 0 Å². The molecule has 3 nitrogen and oxygen atoms in total. The van der Waals surface area contributed by atoms with Crippen molar-refractivity contribution >= 4 is 17.5 Å². The highest BCUT2D eigenvalue weighted by Gasteiger charge is 2.14. The molecule has 0 fully saturated rings. The van der Waals surface area contributed by atoms with Crippen LogP contribution in [-0.4, -0.2) is 16.0 Å². The standard InChI is InChI=1S/C19H14O3S/c20-14-8-11-17(18(21)12-14)19(22)13-6-9-16(10-7-13)23-15-4-2-1-3-5-15/h1-12,20-21H. The molecule has 0 aliphatic carbocycles. The summed E-state index contributed by atoms with van der Waals surface area (Å²) in [6.45, 7) is 0. The van der Waals surface area contributed by atoms with Gasteiger partial charge >= 0.3 is 0 Å². The van der Waals surface area contributed by atoms with Crippen LogP contribution >= 0.6 is 11.8 Å². The van der Waals surface area contributed by atoms with Crippen molar-refractivity contribution in [2.75, 3.05) is 0 Å². The smallest absolute Gasteiger partial charge is 0.196 e. The van der Waals surface area contributed by atoms with E-state index in [1.807, 2.05) is 42.5 Å². The zero-order valence-corrected chi connectivity index (χ0v) is 13.0. The molecule has 3 aromatic rings. The fraction of sp³-hybridized carbons (Fsp3) is 0. The van der Waals surface area contributed by atoms with Gasteiger partial charge in [0, 0.05) is 21.4 Å². The fourth-order valence-corrected chi connectivity index (χ4v) is 3.00. The molecule has 4 heteroatoms. The number of hydrogen-bond acceptors (Lipinski definition) is 4. The Balaban J connectivity index is 1.80. The van der Waals surface area contributed by atoms with E-state index >= 15 is 0 Å². The molecule has 0 saturated heterocycles. The summed E-state index contributed by atoms with van der Waals surface area (Å²) in [7, 11) is 0. The predicted molar refractivity (Wildman–Crippen MR) is 90.2 cm³/mol. The number of phenols is 2. The van der Waals surface area contributed by atoms with E-state index in [0.29, 0.717) is 5.56 Å². The van der Waals surface area contributed by atoms with Crippen LogP contribution in [0.2, 0.25) is 0 Å². The van der Waals surface area contributed by atoms with E-state index in [2.05, 4.69) is 0 Å². The highest BCUT2D eigenvalue weighted by molar-refractivity contribution is 7.99. The first kappa shape index (κ1) is 15.2. The lowest BCUT2D eigenvalue weighted by Crippen LogP contribution is -2.01. The van der Waals surface area contributed by atoms with E-state index in [1.54, 1.807) is 23.9 Å². The SMILES string of the molecule is O=C(c1ccc(Sc2ccccc2)cc1)c1ccc(O)cc1O. The van der Waals surface area contributed by atoms with Crippen molar-refractivity contribution in [3.05, 3.63) is 83.9 Å². The average Bonchev–Trinajstić information content (AvgIpc) is 2.56. The Kier molecular flexibility index (Phi) is 4.35. The summed E-state index contributed by atoms with van der Waals surface area (Å²) in [5, 5.41) is 19.1. The van der Waals surface area contributed by atoms with Crippen LogP contribution in [0, 0.1) is 0 Å². The van der Waals surface area contributed by atoms with E-state index in [1.165, 1.54) is 12.1 Å². The number of carbonyl (C=O) groups excluding carboxylic acids is 1. The summed E-state index contributed by atoms with van der Waals surface area (Å²) in [5.74, 6) is -0.579. The summed E-state index contributed by atoms with van der Waals surface area (Å²) in [6, 6.07) is 21.2. The summed E-state index contributed by atoms with van der Waals surface area (Å²) < 4.78 is 0. The van der Waals surface area contributed by atoms with Crippen molar-refractivity contribution < 1.29 is 15.0 Å². The molecule has 0 amide bonds. The molecule has 0 aliphatic rings. The Morgan fingerprint density at radius 2 is 1.43 bits per heavy atom. The third-order valence-corrected chi connectivity index (χ3v) is 4.34. The molecule has 0 bridgehead atoms.